The zero-order chi connectivity index (χ0) is 22.3. The van der Waals surface area contributed by atoms with Crippen LogP contribution in [0.3, 0.4) is 0 Å². The lowest BCUT2D eigenvalue weighted by Crippen LogP contribution is -2.41. The molecule has 0 spiro atoms. The van der Waals surface area contributed by atoms with Gasteiger partial charge in [-0.2, -0.15) is 0 Å². The summed E-state index contributed by atoms with van der Waals surface area (Å²) in [6.07, 6.45) is 0.270. The van der Waals surface area contributed by atoms with Crippen molar-refractivity contribution in [3.63, 3.8) is 0 Å². The average Bonchev–Trinajstić information content (AvgIpc) is 2.86. The molecule has 1 aliphatic heterocycles. The number of rotatable bonds is 6. The summed E-state index contributed by atoms with van der Waals surface area (Å²) in [7, 11) is -0.453. The number of aromatic nitrogens is 2. The summed E-state index contributed by atoms with van der Waals surface area (Å²) in [5, 5.41) is 12.8. The lowest BCUT2D eigenvalue weighted by atomic mass is 9.78. The van der Waals surface area contributed by atoms with E-state index in [1.54, 1.807) is 0 Å². The third-order valence-corrected chi connectivity index (χ3v) is 5.99. The quantitative estimate of drug-likeness (QED) is 0.699. The molecule has 8 heteroatoms. The Balaban J connectivity index is 2.01. The molecule has 2 aromatic rings. The van der Waals surface area contributed by atoms with Gasteiger partial charge in [-0.05, 0) is 58.0 Å². The Morgan fingerprint density at radius 1 is 1.17 bits per heavy atom. The van der Waals surface area contributed by atoms with Crippen LogP contribution in [0.4, 0.5) is 4.79 Å². The average molecular weight is 413 g/mol. The van der Waals surface area contributed by atoms with Crippen LogP contribution in [0.5, 0.6) is 0 Å². The molecule has 1 amide bonds. The molecule has 2 heterocycles. The maximum atomic E-state index is 11.3. The van der Waals surface area contributed by atoms with Crippen molar-refractivity contribution in [1.29, 1.82) is 0 Å². The van der Waals surface area contributed by atoms with Crippen LogP contribution in [0, 0.1) is 5.92 Å². The van der Waals surface area contributed by atoms with Gasteiger partial charge in [-0.3, -0.25) is 0 Å². The van der Waals surface area contributed by atoms with Crippen LogP contribution in [-0.4, -0.2) is 39.5 Å². The van der Waals surface area contributed by atoms with Crippen molar-refractivity contribution in [2.45, 2.75) is 78.6 Å². The van der Waals surface area contributed by atoms with Gasteiger partial charge >= 0.3 is 13.2 Å². The zero-order valence-electron chi connectivity index (χ0n) is 18.9. The summed E-state index contributed by atoms with van der Waals surface area (Å²) in [4.78, 5) is 20.7. The minimum Gasteiger partial charge on any atom is -0.465 e. The Bertz CT molecular complexity index is 929. The van der Waals surface area contributed by atoms with E-state index in [0.717, 1.165) is 22.1 Å². The highest BCUT2D eigenvalue weighted by Gasteiger charge is 2.51. The third kappa shape index (κ3) is 4.44. The maximum Gasteiger partial charge on any atom is 0.494 e. The molecule has 1 aromatic carbocycles. The fourth-order valence-electron chi connectivity index (χ4n) is 3.63. The van der Waals surface area contributed by atoms with Gasteiger partial charge in [0.2, 0.25) is 0 Å². The summed E-state index contributed by atoms with van der Waals surface area (Å²) in [5.41, 5.74) is 1.78. The number of carbonyl (C=O) groups is 1. The summed E-state index contributed by atoms with van der Waals surface area (Å²) < 4.78 is 12.4. The first-order chi connectivity index (χ1) is 13.9. The lowest BCUT2D eigenvalue weighted by molar-refractivity contribution is 0.00578. The minimum absolute atomic E-state index is 0.303. The summed E-state index contributed by atoms with van der Waals surface area (Å²) in [6, 6.07) is 5.48. The Kier molecular flexibility index (Phi) is 6.11. The molecule has 30 heavy (non-hydrogen) atoms. The summed E-state index contributed by atoms with van der Waals surface area (Å²) in [6.45, 7) is 14.3. The second-order valence-corrected chi connectivity index (χ2v) is 9.38. The second kappa shape index (κ2) is 8.15. The van der Waals surface area contributed by atoms with E-state index in [9.17, 15) is 9.90 Å². The van der Waals surface area contributed by atoms with E-state index in [4.69, 9.17) is 19.3 Å². The number of carboxylic acid groups (broad SMARTS) is 1. The molecule has 1 atom stereocenters. The third-order valence-electron chi connectivity index (χ3n) is 5.99. The zero-order valence-corrected chi connectivity index (χ0v) is 18.9. The number of fused-ring (bicyclic) bond motifs is 1. The Labute approximate surface area is 178 Å². The van der Waals surface area contributed by atoms with E-state index in [2.05, 4.69) is 19.2 Å². The fourth-order valence-corrected chi connectivity index (χ4v) is 3.63. The van der Waals surface area contributed by atoms with Crippen LogP contribution < -0.4 is 10.8 Å². The molecule has 1 saturated heterocycles. The van der Waals surface area contributed by atoms with E-state index in [1.807, 2.05) is 52.8 Å². The van der Waals surface area contributed by atoms with Crippen LogP contribution in [-0.2, 0) is 15.7 Å². The first-order valence-electron chi connectivity index (χ1n) is 10.6. The monoisotopic (exact) mass is 413 g/mol. The van der Waals surface area contributed by atoms with Crippen molar-refractivity contribution in [1.82, 2.24) is 15.3 Å². The molecule has 1 fully saturated rings. The van der Waals surface area contributed by atoms with Gasteiger partial charge in [0.05, 0.1) is 28.5 Å². The number of benzene rings is 1. The SMILES string of the molecule is CCc1nc(C(CC(C)C)NC(=O)O)nc2ccc(B3OC(C)(C)C(C)(C)O3)cc12. The minimum atomic E-state index is -1.07. The number of hydrogen-bond acceptors (Lipinski definition) is 5. The van der Waals surface area contributed by atoms with Crippen molar-refractivity contribution in [3.8, 4) is 0 Å². The fraction of sp³-hybridized carbons (Fsp3) is 0.591. The van der Waals surface area contributed by atoms with Crippen LogP contribution in [0.15, 0.2) is 18.2 Å². The Morgan fingerprint density at radius 2 is 1.80 bits per heavy atom. The molecular weight excluding hydrogens is 381 g/mol. The molecule has 0 bridgehead atoms. The van der Waals surface area contributed by atoms with Crippen molar-refractivity contribution in [2.75, 3.05) is 0 Å². The number of nitrogens with one attached hydrogen (secondary N) is 1. The molecule has 1 aromatic heterocycles. The topological polar surface area (TPSA) is 93.6 Å². The number of nitrogens with zero attached hydrogens (tertiary/aromatic N) is 2. The van der Waals surface area contributed by atoms with Gasteiger partial charge in [-0.1, -0.05) is 32.9 Å². The second-order valence-electron chi connectivity index (χ2n) is 9.38. The predicted molar refractivity (Wildman–Crippen MR) is 118 cm³/mol. The van der Waals surface area contributed by atoms with E-state index < -0.39 is 30.5 Å². The van der Waals surface area contributed by atoms with Crippen LogP contribution in [0.2, 0.25) is 0 Å². The maximum absolute atomic E-state index is 11.3. The number of amides is 1. The van der Waals surface area contributed by atoms with Gasteiger partial charge in [0.1, 0.15) is 0 Å². The molecule has 0 aliphatic carbocycles. The van der Waals surface area contributed by atoms with Gasteiger partial charge in [-0.15, -0.1) is 0 Å². The van der Waals surface area contributed by atoms with E-state index >= 15 is 0 Å². The highest BCUT2D eigenvalue weighted by atomic mass is 16.7. The normalized spacial score (nSPS) is 18.7. The highest BCUT2D eigenvalue weighted by molar-refractivity contribution is 6.62. The van der Waals surface area contributed by atoms with Crippen molar-refractivity contribution in [2.24, 2.45) is 5.92 Å². The largest absolute Gasteiger partial charge is 0.494 e. The Morgan fingerprint density at radius 3 is 2.33 bits per heavy atom. The van der Waals surface area contributed by atoms with Gasteiger partial charge in [0, 0.05) is 5.39 Å². The molecule has 1 unspecified atom stereocenters. The summed E-state index contributed by atoms with van der Waals surface area (Å²) >= 11 is 0. The van der Waals surface area contributed by atoms with Crippen LogP contribution in [0.25, 0.3) is 10.9 Å². The predicted octanol–water partition coefficient (Wildman–Crippen LogP) is 3.85. The van der Waals surface area contributed by atoms with Crippen molar-refractivity contribution < 1.29 is 19.2 Å². The van der Waals surface area contributed by atoms with Crippen LogP contribution in [0.1, 0.15) is 72.4 Å². The van der Waals surface area contributed by atoms with E-state index in [1.165, 1.54) is 0 Å². The number of aryl methyl sites for hydroxylation is 1. The van der Waals surface area contributed by atoms with Gasteiger partial charge in [-0.25, -0.2) is 14.8 Å². The molecule has 3 rings (SSSR count). The van der Waals surface area contributed by atoms with Gasteiger partial charge in [0.25, 0.3) is 0 Å². The first kappa shape index (κ1) is 22.5. The molecule has 7 nitrogen and oxygen atoms in total. The van der Waals surface area contributed by atoms with Crippen molar-refractivity contribution >= 4 is 29.6 Å². The molecule has 2 N–H and O–H groups in total. The highest BCUT2D eigenvalue weighted by Crippen LogP contribution is 2.36. The number of hydrogen-bond donors (Lipinski definition) is 2. The Hall–Kier alpha value is -2.19. The van der Waals surface area contributed by atoms with E-state index in [0.29, 0.717) is 24.6 Å². The standard InChI is InChI=1S/C22H32BN3O4/c1-8-16-15-12-14(23-29-21(4,5)22(6,7)30-23)9-10-17(15)25-19(24-16)18(11-13(2)3)26-20(27)28/h9-10,12-13,18,26H,8,11H2,1-7H3,(H,27,28). The van der Waals surface area contributed by atoms with Crippen molar-refractivity contribution in [3.05, 3.63) is 29.7 Å². The summed E-state index contributed by atoms with van der Waals surface area (Å²) in [5.74, 6) is 0.816. The first-order valence-corrected chi connectivity index (χ1v) is 10.6. The molecule has 1 aliphatic rings. The van der Waals surface area contributed by atoms with Gasteiger partial charge < -0.3 is 19.7 Å². The molecular formula is C22H32BN3O4. The lowest BCUT2D eigenvalue weighted by Gasteiger charge is -2.32. The molecule has 0 saturated carbocycles. The van der Waals surface area contributed by atoms with E-state index in [-0.39, 0.29) is 0 Å². The molecule has 0 radical (unpaired) electrons. The van der Waals surface area contributed by atoms with Gasteiger partial charge in [0.15, 0.2) is 5.82 Å². The molecule has 162 valence electrons. The smallest absolute Gasteiger partial charge is 0.465 e. The van der Waals surface area contributed by atoms with Crippen LogP contribution >= 0.6 is 0 Å².